The molecule has 0 aliphatic carbocycles. The average molecular weight is 457 g/mol. The first-order chi connectivity index (χ1) is 15.0. The summed E-state index contributed by atoms with van der Waals surface area (Å²) in [7, 11) is -4.36. The van der Waals surface area contributed by atoms with Gasteiger partial charge in [-0.25, -0.2) is 13.1 Å². The third-order valence-electron chi connectivity index (χ3n) is 5.27. The van der Waals surface area contributed by atoms with Gasteiger partial charge in [-0.1, -0.05) is 11.6 Å². The van der Waals surface area contributed by atoms with Crippen LogP contribution in [0.15, 0.2) is 41.3 Å². The molecule has 4 rings (SSSR count). The van der Waals surface area contributed by atoms with Crippen molar-refractivity contribution in [3.05, 3.63) is 53.1 Å². The fraction of sp³-hybridized carbons (Fsp3) is 0.238. The number of sulfonamides is 1. The summed E-state index contributed by atoms with van der Waals surface area (Å²) in [4.78, 5) is 50.2. The summed E-state index contributed by atoms with van der Waals surface area (Å²) in [6.45, 7) is 4.57. The van der Waals surface area contributed by atoms with E-state index in [0.29, 0.717) is 0 Å². The second-order valence-electron chi connectivity index (χ2n) is 7.58. The molecule has 11 heteroatoms. The molecule has 2 N–H and O–H groups in total. The highest BCUT2D eigenvalue weighted by Gasteiger charge is 2.41. The van der Waals surface area contributed by atoms with Gasteiger partial charge in [-0.05, 0) is 51.1 Å². The highest BCUT2D eigenvalue weighted by molar-refractivity contribution is 7.90. The van der Waals surface area contributed by atoms with E-state index in [2.05, 4.69) is 5.32 Å². The summed E-state index contributed by atoms with van der Waals surface area (Å²) in [5, 5.41) is 2.53. The summed E-state index contributed by atoms with van der Waals surface area (Å²) in [5.41, 5.74) is 1.23. The van der Waals surface area contributed by atoms with Gasteiger partial charge in [-0.15, -0.1) is 0 Å². The van der Waals surface area contributed by atoms with E-state index in [9.17, 15) is 27.6 Å². The van der Waals surface area contributed by atoms with Crippen molar-refractivity contribution < 1.29 is 32.3 Å². The van der Waals surface area contributed by atoms with Gasteiger partial charge in [0.25, 0.3) is 33.7 Å². The highest BCUT2D eigenvalue weighted by atomic mass is 32.2. The number of hydrogen-bond acceptors (Lipinski definition) is 7. The van der Waals surface area contributed by atoms with E-state index in [4.69, 9.17) is 4.74 Å². The Morgan fingerprint density at radius 1 is 1.09 bits per heavy atom. The molecule has 2 aromatic rings. The molecule has 0 fully saturated rings. The van der Waals surface area contributed by atoms with Crippen molar-refractivity contribution >= 4 is 39.3 Å². The van der Waals surface area contributed by atoms with E-state index in [-0.39, 0.29) is 27.5 Å². The number of fused-ring (bicyclic) bond motifs is 2. The molecule has 0 spiro atoms. The number of rotatable bonds is 4. The Labute approximate surface area is 183 Å². The summed E-state index contributed by atoms with van der Waals surface area (Å²) in [5.74, 6) is -2.55. The Hall–Kier alpha value is -3.73. The molecule has 4 amide bonds. The van der Waals surface area contributed by atoms with Gasteiger partial charge in [0.1, 0.15) is 11.8 Å². The van der Waals surface area contributed by atoms with Crippen LogP contribution in [0.2, 0.25) is 0 Å². The topological polar surface area (TPSA) is 139 Å². The molecule has 2 atom stereocenters. The molecule has 2 heterocycles. The van der Waals surface area contributed by atoms with Crippen LogP contribution < -0.4 is 14.8 Å². The number of benzene rings is 2. The molecular weight excluding hydrogens is 438 g/mol. The van der Waals surface area contributed by atoms with Gasteiger partial charge in [0, 0.05) is 0 Å². The van der Waals surface area contributed by atoms with Crippen molar-refractivity contribution in [2.75, 3.05) is 5.32 Å². The van der Waals surface area contributed by atoms with Crippen molar-refractivity contribution in [2.24, 2.45) is 0 Å². The van der Waals surface area contributed by atoms with E-state index in [1.807, 2.05) is 4.72 Å². The maximum absolute atomic E-state index is 12.7. The van der Waals surface area contributed by atoms with Gasteiger partial charge in [0.2, 0.25) is 0 Å². The van der Waals surface area contributed by atoms with Crippen LogP contribution in [-0.2, 0) is 19.6 Å². The van der Waals surface area contributed by atoms with Crippen molar-refractivity contribution in [1.29, 1.82) is 0 Å². The van der Waals surface area contributed by atoms with Crippen LogP contribution in [0.4, 0.5) is 5.69 Å². The molecule has 10 nitrogen and oxygen atoms in total. The first-order valence-corrected chi connectivity index (χ1v) is 11.1. The van der Waals surface area contributed by atoms with Crippen molar-refractivity contribution in [1.82, 2.24) is 9.62 Å². The van der Waals surface area contributed by atoms with Crippen molar-refractivity contribution in [3.8, 4) is 5.75 Å². The van der Waals surface area contributed by atoms with Crippen molar-refractivity contribution in [2.45, 2.75) is 37.8 Å². The summed E-state index contributed by atoms with van der Waals surface area (Å²) in [6.07, 6.45) is -0.728. The molecule has 0 bridgehead atoms. The lowest BCUT2D eigenvalue weighted by Gasteiger charge is -2.24. The van der Waals surface area contributed by atoms with Crippen LogP contribution in [0.25, 0.3) is 0 Å². The zero-order valence-electron chi connectivity index (χ0n) is 17.3. The maximum Gasteiger partial charge on any atom is 0.265 e. The number of anilines is 1. The molecule has 2 unspecified atom stereocenters. The zero-order valence-corrected chi connectivity index (χ0v) is 18.1. The molecule has 166 valence electrons. The van der Waals surface area contributed by atoms with Gasteiger partial charge >= 0.3 is 0 Å². The molecule has 2 aliphatic rings. The highest BCUT2D eigenvalue weighted by Crippen LogP contribution is 2.32. The van der Waals surface area contributed by atoms with Crippen LogP contribution in [0.5, 0.6) is 5.75 Å². The second-order valence-corrected chi connectivity index (χ2v) is 9.26. The minimum atomic E-state index is -4.36. The molecule has 0 aromatic heterocycles. The number of imide groups is 1. The maximum atomic E-state index is 12.7. The van der Waals surface area contributed by atoms with E-state index in [0.717, 1.165) is 16.5 Å². The van der Waals surface area contributed by atoms with Gasteiger partial charge in [0.05, 0.1) is 21.7 Å². The Morgan fingerprint density at radius 2 is 1.78 bits per heavy atom. The first-order valence-electron chi connectivity index (χ1n) is 9.66. The number of nitrogens with one attached hydrogen (secondary N) is 2. The molecule has 0 saturated heterocycles. The molecule has 32 heavy (non-hydrogen) atoms. The van der Waals surface area contributed by atoms with Crippen LogP contribution in [0.1, 0.15) is 40.1 Å². The normalized spacial score (nSPS) is 18.4. The van der Waals surface area contributed by atoms with Gasteiger partial charge in [-0.3, -0.25) is 24.1 Å². The number of aryl methyl sites for hydroxylation is 1. The zero-order chi connectivity index (χ0) is 23.4. The van der Waals surface area contributed by atoms with Gasteiger partial charge in [0.15, 0.2) is 6.10 Å². The predicted molar refractivity (Wildman–Crippen MR) is 112 cm³/mol. The Balaban J connectivity index is 1.55. The van der Waals surface area contributed by atoms with E-state index in [1.54, 1.807) is 26.0 Å². The van der Waals surface area contributed by atoms with E-state index >= 15 is 0 Å². The molecule has 2 aromatic carbocycles. The number of ether oxygens (including phenoxy) is 1. The molecular formula is C21H19N3O7S. The lowest BCUT2D eigenvalue weighted by molar-refractivity contribution is -0.123. The van der Waals surface area contributed by atoms with Crippen LogP contribution >= 0.6 is 0 Å². The standard InChI is InChI=1S/C21H19N3O7S/c1-10-4-6-14-15(8-10)21(28)24(20(14)27)11(2)18(25)23-32(29,30)13-5-7-17-16(9-13)22-19(26)12(3)31-17/h4-9,11-12H,1-3H3,(H,22,26)(H,23,25). The van der Waals surface area contributed by atoms with Gasteiger partial charge in [-0.2, -0.15) is 0 Å². The SMILES string of the molecule is Cc1ccc2c(c1)C(=O)N(C(C)C(=O)NS(=O)(=O)c1ccc3c(c1)NC(=O)C(C)O3)C2=O. The van der Waals surface area contributed by atoms with Crippen LogP contribution in [0.3, 0.4) is 0 Å². The summed E-state index contributed by atoms with van der Waals surface area (Å²) >= 11 is 0. The minimum absolute atomic E-state index is 0.146. The smallest absolute Gasteiger partial charge is 0.265 e. The first kappa shape index (κ1) is 21.5. The Morgan fingerprint density at radius 3 is 2.50 bits per heavy atom. The largest absolute Gasteiger partial charge is 0.479 e. The van der Waals surface area contributed by atoms with Gasteiger partial charge < -0.3 is 10.1 Å². The Bertz CT molecular complexity index is 1300. The summed E-state index contributed by atoms with van der Waals surface area (Å²) < 4.78 is 32.8. The van der Waals surface area contributed by atoms with Crippen LogP contribution in [-0.4, -0.2) is 49.1 Å². The lowest BCUT2D eigenvalue weighted by atomic mass is 10.1. The third kappa shape index (κ3) is 3.50. The van der Waals surface area contributed by atoms with E-state index in [1.165, 1.54) is 25.1 Å². The quantitative estimate of drug-likeness (QED) is 0.658. The molecule has 2 aliphatic heterocycles. The average Bonchev–Trinajstić information content (AvgIpc) is 2.97. The lowest BCUT2D eigenvalue weighted by Crippen LogP contribution is -2.49. The predicted octanol–water partition coefficient (Wildman–Crippen LogP) is 1.20. The monoisotopic (exact) mass is 457 g/mol. The van der Waals surface area contributed by atoms with E-state index < -0.39 is 45.8 Å². The third-order valence-corrected chi connectivity index (χ3v) is 6.61. The molecule has 0 radical (unpaired) electrons. The number of carbonyl (C=O) groups excluding carboxylic acids is 4. The fourth-order valence-electron chi connectivity index (χ4n) is 3.47. The fourth-order valence-corrected chi connectivity index (χ4v) is 4.55. The number of nitrogens with zero attached hydrogens (tertiary/aromatic N) is 1. The summed E-state index contributed by atoms with van der Waals surface area (Å²) in [6, 6.07) is 7.07. The number of carbonyl (C=O) groups is 4. The van der Waals surface area contributed by atoms with Crippen LogP contribution in [0, 0.1) is 6.92 Å². The second kappa shape index (κ2) is 7.45. The minimum Gasteiger partial charge on any atom is -0.479 e. The number of hydrogen-bond donors (Lipinski definition) is 2. The van der Waals surface area contributed by atoms with Crippen molar-refractivity contribution in [3.63, 3.8) is 0 Å². The Kier molecular flexibility index (Phi) is 5.00. The molecule has 0 saturated carbocycles. The number of amides is 4.